The standard InChI is InChI=1S/C17H22N2O2/c1-12(13-5-8-15(9-6-13)19(2)3)18-14-7-10-17(21-4)16(20)11-14/h5-12,18,20H,1-4H3. The van der Waals surface area contributed by atoms with E-state index in [2.05, 4.69) is 41.4 Å². The third kappa shape index (κ3) is 3.60. The van der Waals surface area contributed by atoms with E-state index in [0.717, 1.165) is 5.69 Å². The van der Waals surface area contributed by atoms with Gasteiger partial charge in [-0.3, -0.25) is 0 Å². The van der Waals surface area contributed by atoms with Gasteiger partial charge in [0.1, 0.15) is 0 Å². The summed E-state index contributed by atoms with van der Waals surface area (Å²) in [5.41, 5.74) is 3.22. The Balaban J connectivity index is 2.10. The van der Waals surface area contributed by atoms with Crippen LogP contribution in [0.5, 0.6) is 11.5 Å². The number of methoxy groups -OCH3 is 1. The fourth-order valence-corrected chi connectivity index (χ4v) is 2.17. The Morgan fingerprint density at radius 2 is 1.76 bits per heavy atom. The molecule has 0 bridgehead atoms. The molecule has 2 aromatic carbocycles. The van der Waals surface area contributed by atoms with Crippen molar-refractivity contribution in [2.24, 2.45) is 0 Å². The predicted molar refractivity (Wildman–Crippen MR) is 87.5 cm³/mol. The van der Waals surface area contributed by atoms with Crippen LogP contribution in [0.15, 0.2) is 42.5 Å². The molecule has 0 aliphatic carbocycles. The molecule has 4 nitrogen and oxygen atoms in total. The molecule has 1 unspecified atom stereocenters. The summed E-state index contributed by atoms with van der Waals surface area (Å²) in [5.74, 6) is 0.612. The molecular formula is C17H22N2O2. The van der Waals surface area contributed by atoms with Crippen molar-refractivity contribution < 1.29 is 9.84 Å². The first kappa shape index (κ1) is 15.0. The molecule has 0 fully saturated rings. The minimum atomic E-state index is 0.137. The van der Waals surface area contributed by atoms with Crippen LogP contribution in [0.2, 0.25) is 0 Å². The largest absolute Gasteiger partial charge is 0.504 e. The van der Waals surface area contributed by atoms with Crippen LogP contribution in [-0.2, 0) is 0 Å². The number of anilines is 2. The van der Waals surface area contributed by atoms with Gasteiger partial charge in [0.2, 0.25) is 0 Å². The highest BCUT2D eigenvalue weighted by Crippen LogP contribution is 2.30. The van der Waals surface area contributed by atoms with Crippen LogP contribution in [0.1, 0.15) is 18.5 Å². The van der Waals surface area contributed by atoms with Crippen molar-refractivity contribution in [2.45, 2.75) is 13.0 Å². The summed E-state index contributed by atoms with van der Waals surface area (Å²) in [4.78, 5) is 2.07. The lowest BCUT2D eigenvalue weighted by atomic mass is 10.1. The van der Waals surface area contributed by atoms with Gasteiger partial charge in [-0.15, -0.1) is 0 Å². The Morgan fingerprint density at radius 1 is 1.10 bits per heavy atom. The van der Waals surface area contributed by atoms with Gasteiger partial charge in [-0.2, -0.15) is 0 Å². The lowest BCUT2D eigenvalue weighted by molar-refractivity contribution is 0.373. The summed E-state index contributed by atoms with van der Waals surface area (Å²) in [6, 6.07) is 13.9. The Kier molecular flexibility index (Phi) is 4.58. The zero-order valence-electron chi connectivity index (χ0n) is 12.9. The van der Waals surface area contributed by atoms with Crippen LogP contribution in [0.25, 0.3) is 0 Å². The highest BCUT2D eigenvalue weighted by atomic mass is 16.5. The number of phenolic OH excluding ortho intramolecular Hbond substituents is 1. The quantitative estimate of drug-likeness (QED) is 0.881. The Morgan fingerprint density at radius 3 is 2.29 bits per heavy atom. The Bertz CT molecular complexity index is 594. The van der Waals surface area contributed by atoms with E-state index in [0.29, 0.717) is 5.75 Å². The van der Waals surface area contributed by atoms with Crippen molar-refractivity contribution in [2.75, 3.05) is 31.4 Å². The van der Waals surface area contributed by atoms with Gasteiger partial charge in [-0.1, -0.05) is 12.1 Å². The Labute approximate surface area is 126 Å². The molecule has 21 heavy (non-hydrogen) atoms. The summed E-state index contributed by atoms with van der Waals surface area (Å²) < 4.78 is 5.04. The number of ether oxygens (including phenoxy) is 1. The first-order valence-corrected chi connectivity index (χ1v) is 6.92. The van der Waals surface area contributed by atoms with Gasteiger partial charge in [0, 0.05) is 37.6 Å². The van der Waals surface area contributed by atoms with Crippen molar-refractivity contribution in [3.05, 3.63) is 48.0 Å². The molecular weight excluding hydrogens is 264 g/mol. The Hall–Kier alpha value is -2.36. The van der Waals surface area contributed by atoms with Gasteiger partial charge >= 0.3 is 0 Å². The number of phenols is 1. The lowest BCUT2D eigenvalue weighted by Crippen LogP contribution is -2.10. The van der Waals surface area contributed by atoms with Crippen LogP contribution < -0.4 is 15.0 Å². The van der Waals surface area contributed by atoms with E-state index in [1.165, 1.54) is 18.4 Å². The summed E-state index contributed by atoms with van der Waals surface area (Å²) >= 11 is 0. The minimum Gasteiger partial charge on any atom is -0.504 e. The van der Waals surface area contributed by atoms with Crippen LogP contribution in [-0.4, -0.2) is 26.3 Å². The van der Waals surface area contributed by atoms with E-state index < -0.39 is 0 Å². The highest BCUT2D eigenvalue weighted by molar-refractivity contribution is 5.55. The molecule has 2 rings (SSSR count). The predicted octanol–water partition coefficient (Wildman–Crippen LogP) is 3.64. The maximum Gasteiger partial charge on any atom is 0.160 e. The van der Waals surface area contributed by atoms with E-state index >= 15 is 0 Å². The fraction of sp³-hybridized carbons (Fsp3) is 0.294. The van der Waals surface area contributed by atoms with Gasteiger partial charge in [-0.05, 0) is 36.8 Å². The van der Waals surface area contributed by atoms with Gasteiger partial charge in [0.15, 0.2) is 11.5 Å². The van der Waals surface area contributed by atoms with Crippen LogP contribution in [0.4, 0.5) is 11.4 Å². The molecule has 0 amide bonds. The number of hydrogen-bond acceptors (Lipinski definition) is 4. The number of hydrogen-bond donors (Lipinski definition) is 2. The normalized spacial score (nSPS) is 11.8. The summed E-state index contributed by atoms with van der Waals surface area (Å²) in [7, 11) is 5.59. The summed E-state index contributed by atoms with van der Waals surface area (Å²) in [6.45, 7) is 2.09. The smallest absolute Gasteiger partial charge is 0.160 e. The van der Waals surface area contributed by atoms with Crippen LogP contribution in [0.3, 0.4) is 0 Å². The topological polar surface area (TPSA) is 44.7 Å². The molecule has 1 atom stereocenters. The minimum absolute atomic E-state index is 0.137. The maximum absolute atomic E-state index is 9.80. The molecule has 112 valence electrons. The molecule has 2 aromatic rings. The average Bonchev–Trinajstić information content (AvgIpc) is 2.47. The first-order valence-electron chi connectivity index (χ1n) is 6.92. The molecule has 0 aliphatic heterocycles. The molecule has 2 N–H and O–H groups in total. The van der Waals surface area contributed by atoms with Crippen molar-refractivity contribution in [1.82, 2.24) is 0 Å². The van der Waals surface area contributed by atoms with Crippen molar-refractivity contribution >= 4 is 11.4 Å². The second kappa shape index (κ2) is 6.39. The number of aromatic hydroxyl groups is 1. The van der Waals surface area contributed by atoms with Crippen LogP contribution >= 0.6 is 0 Å². The van der Waals surface area contributed by atoms with E-state index in [1.807, 2.05) is 20.2 Å². The monoisotopic (exact) mass is 286 g/mol. The van der Waals surface area contributed by atoms with Gasteiger partial charge < -0.3 is 20.1 Å². The molecule has 0 aromatic heterocycles. The van der Waals surface area contributed by atoms with E-state index in [4.69, 9.17) is 4.74 Å². The van der Waals surface area contributed by atoms with E-state index in [1.54, 1.807) is 12.1 Å². The molecule has 0 saturated carbocycles. The third-order valence-corrected chi connectivity index (χ3v) is 3.47. The SMILES string of the molecule is COc1ccc(NC(C)c2ccc(N(C)C)cc2)cc1O. The van der Waals surface area contributed by atoms with Crippen molar-refractivity contribution in [3.8, 4) is 11.5 Å². The summed E-state index contributed by atoms with van der Waals surface area (Å²) in [5, 5.41) is 13.2. The second-order valence-corrected chi connectivity index (χ2v) is 5.24. The zero-order valence-corrected chi connectivity index (χ0v) is 12.9. The number of rotatable bonds is 5. The van der Waals surface area contributed by atoms with Crippen LogP contribution in [0, 0.1) is 0 Å². The molecule has 0 saturated heterocycles. The first-order chi connectivity index (χ1) is 10.0. The van der Waals surface area contributed by atoms with Gasteiger partial charge in [-0.25, -0.2) is 0 Å². The third-order valence-electron chi connectivity index (χ3n) is 3.47. The number of nitrogens with zero attached hydrogens (tertiary/aromatic N) is 1. The van der Waals surface area contributed by atoms with E-state index in [-0.39, 0.29) is 11.8 Å². The number of benzene rings is 2. The molecule has 0 heterocycles. The number of nitrogens with one attached hydrogen (secondary N) is 1. The van der Waals surface area contributed by atoms with E-state index in [9.17, 15) is 5.11 Å². The van der Waals surface area contributed by atoms with Crippen molar-refractivity contribution in [1.29, 1.82) is 0 Å². The second-order valence-electron chi connectivity index (χ2n) is 5.24. The zero-order chi connectivity index (χ0) is 15.4. The molecule has 0 radical (unpaired) electrons. The fourth-order valence-electron chi connectivity index (χ4n) is 2.17. The maximum atomic E-state index is 9.80. The molecule has 0 aliphatic rings. The van der Waals surface area contributed by atoms with Crippen molar-refractivity contribution in [3.63, 3.8) is 0 Å². The highest BCUT2D eigenvalue weighted by Gasteiger charge is 2.08. The molecule has 4 heteroatoms. The lowest BCUT2D eigenvalue weighted by Gasteiger charge is -2.18. The van der Waals surface area contributed by atoms with Gasteiger partial charge in [0.25, 0.3) is 0 Å². The average molecular weight is 286 g/mol. The molecule has 0 spiro atoms. The summed E-state index contributed by atoms with van der Waals surface area (Å²) in [6.07, 6.45) is 0. The van der Waals surface area contributed by atoms with Gasteiger partial charge in [0.05, 0.1) is 7.11 Å².